The van der Waals surface area contributed by atoms with Gasteiger partial charge >= 0.3 is 5.97 Å². The lowest BCUT2D eigenvalue weighted by atomic mass is 10.2. The van der Waals surface area contributed by atoms with Crippen molar-refractivity contribution in [3.63, 3.8) is 0 Å². The Morgan fingerprint density at radius 2 is 2.23 bits per heavy atom. The molecular weight excluding hydrogens is 304 g/mol. The number of carbonyl (C=O) groups is 1. The lowest BCUT2D eigenvalue weighted by molar-refractivity contribution is 0.0599. The molecule has 0 spiro atoms. The maximum absolute atomic E-state index is 11.2. The standard InChI is InChI=1S/C8H7ClINO2/c1-13-8(12)5-2-4(11)3-6(9)7(5)10/h2-3H,11H2,1H3. The van der Waals surface area contributed by atoms with Crippen molar-refractivity contribution in [3.8, 4) is 0 Å². The SMILES string of the molecule is COC(=O)c1cc(N)cc(Cl)c1I. The zero-order chi connectivity index (χ0) is 10.0. The van der Waals surface area contributed by atoms with E-state index < -0.39 is 5.97 Å². The minimum atomic E-state index is -0.432. The number of methoxy groups -OCH3 is 1. The van der Waals surface area contributed by atoms with Crippen molar-refractivity contribution in [2.75, 3.05) is 12.8 Å². The Bertz CT molecular complexity index is 354. The third-order valence-electron chi connectivity index (χ3n) is 1.46. The Morgan fingerprint density at radius 3 is 2.77 bits per heavy atom. The Labute approximate surface area is 94.3 Å². The summed E-state index contributed by atoms with van der Waals surface area (Å²) in [6.45, 7) is 0. The number of hydrogen-bond donors (Lipinski definition) is 1. The van der Waals surface area contributed by atoms with E-state index in [1.165, 1.54) is 7.11 Å². The highest BCUT2D eigenvalue weighted by Crippen LogP contribution is 2.25. The number of nitrogen functional groups attached to an aromatic ring is 1. The van der Waals surface area contributed by atoms with E-state index in [0.29, 0.717) is 19.8 Å². The van der Waals surface area contributed by atoms with Gasteiger partial charge in [-0.1, -0.05) is 11.6 Å². The summed E-state index contributed by atoms with van der Waals surface area (Å²) in [5.41, 5.74) is 6.37. The fourth-order valence-corrected chi connectivity index (χ4v) is 1.63. The predicted octanol–water partition coefficient (Wildman–Crippen LogP) is 2.31. The molecule has 1 rings (SSSR count). The van der Waals surface area contributed by atoms with E-state index in [0.717, 1.165) is 0 Å². The number of carbonyl (C=O) groups excluding carboxylic acids is 1. The number of rotatable bonds is 1. The minimum absolute atomic E-state index is 0.396. The summed E-state index contributed by atoms with van der Waals surface area (Å²) in [6.07, 6.45) is 0. The second-order valence-corrected chi connectivity index (χ2v) is 3.84. The average molecular weight is 312 g/mol. The first-order valence-electron chi connectivity index (χ1n) is 3.39. The van der Waals surface area contributed by atoms with Crippen LogP contribution in [-0.4, -0.2) is 13.1 Å². The fraction of sp³-hybridized carbons (Fsp3) is 0.125. The van der Waals surface area contributed by atoms with E-state index in [1.54, 1.807) is 12.1 Å². The van der Waals surface area contributed by atoms with E-state index in [9.17, 15) is 4.79 Å². The number of halogens is 2. The van der Waals surface area contributed by atoms with E-state index in [4.69, 9.17) is 17.3 Å². The highest BCUT2D eigenvalue weighted by Gasteiger charge is 2.13. The number of esters is 1. The van der Waals surface area contributed by atoms with Gasteiger partial charge in [0.1, 0.15) is 0 Å². The number of nitrogens with two attached hydrogens (primary N) is 1. The van der Waals surface area contributed by atoms with Crippen molar-refractivity contribution in [2.45, 2.75) is 0 Å². The van der Waals surface area contributed by atoms with Crippen LogP contribution in [0, 0.1) is 3.57 Å². The quantitative estimate of drug-likeness (QED) is 0.492. The maximum atomic E-state index is 11.2. The molecular formula is C8H7ClINO2. The van der Waals surface area contributed by atoms with E-state index in [-0.39, 0.29) is 0 Å². The second kappa shape index (κ2) is 4.15. The van der Waals surface area contributed by atoms with Crippen LogP contribution in [0.3, 0.4) is 0 Å². The van der Waals surface area contributed by atoms with Crippen LogP contribution in [-0.2, 0) is 4.74 Å². The molecule has 0 aliphatic rings. The molecule has 13 heavy (non-hydrogen) atoms. The first-order valence-corrected chi connectivity index (χ1v) is 4.84. The molecule has 3 nitrogen and oxygen atoms in total. The number of ether oxygens (including phenoxy) is 1. The van der Waals surface area contributed by atoms with Crippen LogP contribution in [0.25, 0.3) is 0 Å². The second-order valence-electron chi connectivity index (χ2n) is 2.36. The third kappa shape index (κ3) is 2.25. The lowest BCUT2D eigenvalue weighted by Crippen LogP contribution is -2.05. The molecule has 1 aromatic rings. The van der Waals surface area contributed by atoms with Crippen molar-refractivity contribution in [1.82, 2.24) is 0 Å². The number of anilines is 1. The van der Waals surface area contributed by atoms with E-state index in [1.807, 2.05) is 22.6 Å². The third-order valence-corrected chi connectivity index (χ3v) is 3.23. The summed E-state index contributed by atoms with van der Waals surface area (Å²) in [5.74, 6) is -0.432. The molecule has 0 saturated heterocycles. The van der Waals surface area contributed by atoms with E-state index in [2.05, 4.69) is 4.74 Å². The first kappa shape index (κ1) is 10.6. The maximum Gasteiger partial charge on any atom is 0.339 e. The molecule has 0 atom stereocenters. The molecule has 0 unspecified atom stereocenters. The van der Waals surface area contributed by atoms with Crippen LogP contribution in [0.5, 0.6) is 0 Å². The molecule has 5 heteroatoms. The van der Waals surface area contributed by atoms with Crippen molar-refractivity contribution >= 4 is 45.8 Å². The summed E-state index contributed by atoms with van der Waals surface area (Å²) in [6, 6.07) is 3.13. The molecule has 0 aromatic heterocycles. The largest absolute Gasteiger partial charge is 0.465 e. The van der Waals surface area contributed by atoms with Crippen molar-refractivity contribution < 1.29 is 9.53 Å². The van der Waals surface area contributed by atoms with Gasteiger partial charge in [-0.25, -0.2) is 4.79 Å². The van der Waals surface area contributed by atoms with Gasteiger partial charge in [0.2, 0.25) is 0 Å². The van der Waals surface area contributed by atoms with Crippen LogP contribution < -0.4 is 5.73 Å². The van der Waals surface area contributed by atoms with Gasteiger partial charge in [0.15, 0.2) is 0 Å². The first-order chi connectivity index (χ1) is 6.06. The molecule has 0 amide bonds. The molecule has 0 aliphatic carbocycles. The average Bonchev–Trinajstić information content (AvgIpc) is 2.10. The highest BCUT2D eigenvalue weighted by molar-refractivity contribution is 14.1. The predicted molar refractivity (Wildman–Crippen MR) is 59.9 cm³/mol. The lowest BCUT2D eigenvalue weighted by Gasteiger charge is -2.05. The molecule has 1 aromatic carbocycles. The molecule has 0 aliphatic heterocycles. The topological polar surface area (TPSA) is 52.3 Å². The van der Waals surface area contributed by atoms with Crippen LogP contribution >= 0.6 is 34.2 Å². The van der Waals surface area contributed by atoms with Gasteiger partial charge in [-0.2, -0.15) is 0 Å². The fourth-order valence-electron chi connectivity index (χ4n) is 0.869. The Balaban J connectivity index is 3.28. The Kier molecular flexibility index (Phi) is 3.38. The van der Waals surface area contributed by atoms with Crippen molar-refractivity contribution in [3.05, 3.63) is 26.3 Å². The molecule has 0 heterocycles. The summed E-state index contributed by atoms with van der Waals surface area (Å²) >= 11 is 7.80. The summed E-state index contributed by atoms with van der Waals surface area (Å²) in [4.78, 5) is 11.2. The summed E-state index contributed by atoms with van der Waals surface area (Å²) in [5, 5.41) is 0.459. The summed E-state index contributed by atoms with van der Waals surface area (Å²) < 4.78 is 5.22. The minimum Gasteiger partial charge on any atom is -0.465 e. The van der Waals surface area contributed by atoms with Gasteiger partial charge in [-0.3, -0.25) is 0 Å². The highest BCUT2D eigenvalue weighted by atomic mass is 127. The smallest absolute Gasteiger partial charge is 0.339 e. The van der Waals surface area contributed by atoms with Crippen LogP contribution in [0.2, 0.25) is 5.02 Å². The van der Waals surface area contributed by atoms with Gasteiger partial charge in [-0.05, 0) is 34.7 Å². The van der Waals surface area contributed by atoms with Crippen molar-refractivity contribution in [1.29, 1.82) is 0 Å². The van der Waals surface area contributed by atoms with Gasteiger partial charge in [0, 0.05) is 9.26 Å². The normalized spacial score (nSPS) is 9.77. The molecule has 0 fully saturated rings. The van der Waals surface area contributed by atoms with Gasteiger partial charge in [0.25, 0.3) is 0 Å². The number of hydrogen-bond acceptors (Lipinski definition) is 3. The van der Waals surface area contributed by atoms with Gasteiger partial charge < -0.3 is 10.5 Å². The number of benzene rings is 1. The van der Waals surface area contributed by atoms with Crippen LogP contribution in [0.1, 0.15) is 10.4 Å². The Morgan fingerprint density at radius 1 is 1.62 bits per heavy atom. The molecule has 0 saturated carbocycles. The molecule has 2 N–H and O–H groups in total. The zero-order valence-corrected chi connectivity index (χ0v) is 9.72. The molecule has 70 valence electrons. The monoisotopic (exact) mass is 311 g/mol. The van der Waals surface area contributed by atoms with Crippen molar-refractivity contribution in [2.24, 2.45) is 0 Å². The molecule has 0 bridgehead atoms. The van der Waals surface area contributed by atoms with Gasteiger partial charge in [0.05, 0.1) is 17.7 Å². The van der Waals surface area contributed by atoms with Gasteiger partial charge in [-0.15, -0.1) is 0 Å². The zero-order valence-electron chi connectivity index (χ0n) is 6.80. The Hall–Kier alpha value is -0.490. The van der Waals surface area contributed by atoms with Crippen LogP contribution in [0.4, 0.5) is 5.69 Å². The van der Waals surface area contributed by atoms with Crippen LogP contribution in [0.15, 0.2) is 12.1 Å². The summed E-state index contributed by atoms with van der Waals surface area (Å²) in [7, 11) is 1.31. The molecule has 0 radical (unpaired) electrons. The van der Waals surface area contributed by atoms with E-state index >= 15 is 0 Å².